The van der Waals surface area contributed by atoms with Crippen molar-refractivity contribution < 1.29 is 9.21 Å². The number of carbonyl (C=O) groups excluding carboxylic acids is 1. The van der Waals surface area contributed by atoms with Crippen LogP contribution in [0, 0.1) is 6.92 Å². The van der Waals surface area contributed by atoms with Crippen molar-refractivity contribution in [3.05, 3.63) is 23.7 Å². The Morgan fingerprint density at radius 3 is 2.91 bits per heavy atom. The number of nitrogens with one attached hydrogen (secondary N) is 3. The molecule has 0 radical (unpaired) electrons. The number of rotatable bonds is 6. The fourth-order valence-electron chi connectivity index (χ4n) is 1.63. The maximum atomic E-state index is 11.7. The first-order chi connectivity index (χ1) is 10.8. The molecule has 0 bridgehead atoms. The number of furan rings is 1. The van der Waals surface area contributed by atoms with Gasteiger partial charge in [0.25, 0.3) is 0 Å². The number of carbonyl (C=O) groups is 1. The van der Waals surface area contributed by atoms with Crippen LogP contribution in [0.2, 0.25) is 0 Å². The van der Waals surface area contributed by atoms with E-state index in [1.54, 1.807) is 6.21 Å². The number of thioether (sulfide) groups is 1. The standard InChI is InChI=1S/C14H20N6O2S/c1-9-5-6-10(22-9)7-15-18-12-16-13(20-19-12)23-8-11(21)17-14(2,3)4/h5-7H,8H2,1-4H3,(H,17,21)(H2,16,18,19,20)/b15-7-. The van der Waals surface area contributed by atoms with Crippen LogP contribution in [0.4, 0.5) is 5.95 Å². The van der Waals surface area contributed by atoms with Gasteiger partial charge in [-0.25, -0.2) is 10.5 Å². The number of anilines is 1. The second-order valence-electron chi connectivity index (χ2n) is 5.87. The van der Waals surface area contributed by atoms with Crippen molar-refractivity contribution in [1.82, 2.24) is 20.5 Å². The third-order valence-corrected chi connectivity index (χ3v) is 3.28. The van der Waals surface area contributed by atoms with Crippen molar-refractivity contribution in [3.63, 3.8) is 0 Å². The molecule has 0 spiro atoms. The van der Waals surface area contributed by atoms with Gasteiger partial charge in [-0.3, -0.25) is 4.79 Å². The molecule has 9 heteroatoms. The minimum Gasteiger partial charge on any atom is -0.460 e. The first-order valence-electron chi connectivity index (χ1n) is 7.03. The molecular weight excluding hydrogens is 316 g/mol. The molecule has 8 nitrogen and oxygen atoms in total. The zero-order chi connectivity index (χ0) is 16.9. The van der Waals surface area contributed by atoms with Gasteiger partial charge in [-0.1, -0.05) is 11.8 Å². The van der Waals surface area contributed by atoms with Gasteiger partial charge >= 0.3 is 0 Å². The topological polar surface area (TPSA) is 108 Å². The third kappa shape index (κ3) is 6.15. The fraction of sp³-hybridized carbons (Fsp3) is 0.429. The molecule has 0 saturated carbocycles. The molecule has 2 rings (SSSR count). The highest BCUT2D eigenvalue weighted by Crippen LogP contribution is 2.14. The van der Waals surface area contributed by atoms with Crippen LogP contribution in [0.25, 0.3) is 0 Å². The number of hydrogen-bond donors (Lipinski definition) is 3. The molecule has 0 aromatic carbocycles. The lowest BCUT2D eigenvalue weighted by Gasteiger charge is -2.19. The molecule has 0 saturated heterocycles. The highest BCUT2D eigenvalue weighted by Gasteiger charge is 2.14. The average Bonchev–Trinajstić information content (AvgIpc) is 3.04. The van der Waals surface area contributed by atoms with Gasteiger partial charge < -0.3 is 9.73 Å². The van der Waals surface area contributed by atoms with Crippen molar-refractivity contribution in [1.29, 1.82) is 0 Å². The molecule has 0 aliphatic carbocycles. The molecule has 0 unspecified atom stereocenters. The molecule has 23 heavy (non-hydrogen) atoms. The van der Waals surface area contributed by atoms with Gasteiger partial charge in [0.05, 0.1) is 12.0 Å². The quantitative estimate of drug-likeness (QED) is 0.424. The normalized spacial score (nSPS) is 11.8. The number of aromatic amines is 1. The summed E-state index contributed by atoms with van der Waals surface area (Å²) in [6.45, 7) is 7.66. The van der Waals surface area contributed by atoms with Gasteiger partial charge in [0.1, 0.15) is 11.5 Å². The van der Waals surface area contributed by atoms with Crippen molar-refractivity contribution in [2.75, 3.05) is 11.2 Å². The molecule has 1 amide bonds. The van der Waals surface area contributed by atoms with Crippen LogP contribution >= 0.6 is 11.8 Å². The highest BCUT2D eigenvalue weighted by atomic mass is 32.2. The van der Waals surface area contributed by atoms with E-state index >= 15 is 0 Å². The Labute approximate surface area is 138 Å². The van der Waals surface area contributed by atoms with Gasteiger partial charge in [-0.15, -0.1) is 5.10 Å². The van der Waals surface area contributed by atoms with E-state index in [1.807, 2.05) is 39.8 Å². The summed E-state index contributed by atoms with van der Waals surface area (Å²) < 4.78 is 5.35. The van der Waals surface area contributed by atoms with Gasteiger partial charge in [-0.2, -0.15) is 10.1 Å². The van der Waals surface area contributed by atoms with Crippen LogP contribution in [0.5, 0.6) is 0 Å². The predicted octanol–water partition coefficient (Wildman–Crippen LogP) is 2.16. The van der Waals surface area contributed by atoms with Gasteiger partial charge in [0, 0.05) is 5.54 Å². The van der Waals surface area contributed by atoms with E-state index in [0.29, 0.717) is 16.9 Å². The summed E-state index contributed by atoms with van der Waals surface area (Å²) in [4.78, 5) is 15.9. The molecule has 124 valence electrons. The Hall–Kier alpha value is -2.29. The van der Waals surface area contributed by atoms with Crippen LogP contribution in [-0.4, -0.2) is 38.6 Å². The predicted molar refractivity (Wildman–Crippen MR) is 89.7 cm³/mol. The van der Waals surface area contributed by atoms with Crippen molar-refractivity contribution >= 4 is 29.8 Å². The second kappa shape index (κ2) is 7.32. The highest BCUT2D eigenvalue weighted by molar-refractivity contribution is 7.99. The van der Waals surface area contributed by atoms with Crippen molar-refractivity contribution in [3.8, 4) is 0 Å². The van der Waals surface area contributed by atoms with E-state index in [2.05, 4.69) is 31.0 Å². The Bertz CT molecular complexity index is 685. The molecule has 3 N–H and O–H groups in total. The summed E-state index contributed by atoms with van der Waals surface area (Å²) >= 11 is 1.25. The van der Waals surface area contributed by atoms with Crippen molar-refractivity contribution in [2.45, 2.75) is 38.4 Å². The molecule has 2 heterocycles. The van der Waals surface area contributed by atoms with Crippen LogP contribution < -0.4 is 10.7 Å². The van der Waals surface area contributed by atoms with Gasteiger partial charge in [0.2, 0.25) is 17.0 Å². The maximum Gasteiger partial charge on any atom is 0.240 e. The van der Waals surface area contributed by atoms with E-state index in [4.69, 9.17) is 4.42 Å². The maximum absolute atomic E-state index is 11.7. The summed E-state index contributed by atoms with van der Waals surface area (Å²) in [5, 5.41) is 14.0. The number of hydrogen-bond acceptors (Lipinski definition) is 7. The first kappa shape index (κ1) is 17.1. The molecular formula is C14H20N6O2S. The Morgan fingerprint density at radius 1 is 1.48 bits per heavy atom. The van der Waals surface area contributed by atoms with Gasteiger partial charge in [0.15, 0.2) is 0 Å². The van der Waals surface area contributed by atoms with Crippen LogP contribution in [0.3, 0.4) is 0 Å². The summed E-state index contributed by atoms with van der Waals surface area (Å²) in [6.07, 6.45) is 1.54. The summed E-state index contributed by atoms with van der Waals surface area (Å²) in [6, 6.07) is 3.67. The summed E-state index contributed by atoms with van der Waals surface area (Å²) in [5.74, 6) is 2.04. The largest absolute Gasteiger partial charge is 0.460 e. The van der Waals surface area contributed by atoms with E-state index < -0.39 is 0 Å². The van der Waals surface area contributed by atoms with E-state index in [1.165, 1.54) is 11.8 Å². The zero-order valence-electron chi connectivity index (χ0n) is 13.5. The third-order valence-electron chi connectivity index (χ3n) is 2.44. The van der Waals surface area contributed by atoms with Crippen molar-refractivity contribution in [2.24, 2.45) is 5.10 Å². The minimum absolute atomic E-state index is 0.0620. The van der Waals surface area contributed by atoms with Gasteiger partial charge in [-0.05, 0) is 39.8 Å². The summed E-state index contributed by atoms with van der Waals surface area (Å²) in [5.41, 5.74) is 2.47. The minimum atomic E-state index is -0.248. The number of H-pyrrole nitrogens is 1. The number of amides is 1. The molecule has 0 aliphatic rings. The Kier molecular flexibility index (Phi) is 5.43. The Balaban J connectivity index is 1.79. The Morgan fingerprint density at radius 2 is 2.26 bits per heavy atom. The molecule has 0 aliphatic heterocycles. The number of aryl methyl sites for hydroxylation is 1. The number of nitrogens with zero attached hydrogens (tertiary/aromatic N) is 3. The zero-order valence-corrected chi connectivity index (χ0v) is 14.3. The number of aromatic nitrogens is 3. The summed E-state index contributed by atoms with van der Waals surface area (Å²) in [7, 11) is 0. The lowest BCUT2D eigenvalue weighted by molar-refractivity contribution is -0.119. The lowest BCUT2D eigenvalue weighted by Crippen LogP contribution is -2.41. The number of hydrazone groups is 1. The SMILES string of the molecule is Cc1ccc(/C=N\Nc2nc(SCC(=O)NC(C)(C)C)n[nH]2)o1. The lowest BCUT2D eigenvalue weighted by atomic mass is 10.1. The second-order valence-corrected chi connectivity index (χ2v) is 6.81. The molecule has 0 atom stereocenters. The van der Waals surface area contributed by atoms with Crippen LogP contribution in [-0.2, 0) is 4.79 Å². The van der Waals surface area contributed by atoms with Crippen LogP contribution in [0.1, 0.15) is 32.3 Å². The van der Waals surface area contributed by atoms with E-state index in [9.17, 15) is 4.79 Å². The molecule has 2 aromatic heterocycles. The van der Waals surface area contributed by atoms with E-state index in [0.717, 1.165) is 5.76 Å². The first-order valence-corrected chi connectivity index (χ1v) is 8.02. The molecule has 2 aromatic rings. The van der Waals surface area contributed by atoms with Crippen LogP contribution in [0.15, 0.2) is 26.8 Å². The van der Waals surface area contributed by atoms with E-state index in [-0.39, 0.29) is 17.2 Å². The monoisotopic (exact) mass is 336 g/mol. The molecule has 0 fully saturated rings. The average molecular weight is 336 g/mol. The smallest absolute Gasteiger partial charge is 0.240 e. The fourth-order valence-corrected chi connectivity index (χ4v) is 2.22.